The molecule has 4 aromatic rings. The van der Waals surface area contributed by atoms with Gasteiger partial charge in [-0.2, -0.15) is 0 Å². The van der Waals surface area contributed by atoms with Crippen molar-refractivity contribution in [3.63, 3.8) is 0 Å². The van der Waals surface area contributed by atoms with E-state index in [0.29, 0.717) is 43.9 Å². The van der Waals surface area contributed by atoms with E-state index in [1.165, 1.54) is 12.1 Å². The summed E-state index contributed by atoms with van der Waals surface area (Å²) in [5, 5.41) is 11.9. The van der Waals surface area contributed by atoms with Crippen LogP contribution in [0, 0.1) is 10.1 Å². The molecule has 0 unspecified atom stereocenters. The summed E-state index contributed by atoms with van der Waals surface area (Å²) < 4.78 is 5.78. The molecule has 8 heteroatoms. The lowest BCUT2D eigenvalue weighted by atomic mass is 10.2. The monoisotopic (exact) mass is 437 g/mol. The van der Waals surface area contributed by atoms with E-state index >= 15 is 0 Å². The van der Waals surface area contributed by atoms with Gasteiger partial charge in [0.05, 0.1) is 21.2 Å². The van der Waals surface area contributed by atoms with Crippen LogP contribution in [-0.4, -0.2) is 16.1 Å². The molecule has 6 nitrogen and oxygen atoms in total. The molecule has 0 aliphatic carbocycles. The number of aromatic nitrogens is 1. The zero-order valence-corrected chi connectivity index (χ0v) is 16.8. The Morgan fingerprint density at radius 3 is 2.77 bits per heavy atom. The highest BCUT2D eigenvalue weighted by Gasteiger charge is 2.12. The van der Waals surface area contributed by atoms with Gasteiger partial charge < -0.3 is 4.42 Å². The zero-order valence-electron chi connectivity index (χ0n) is 15.3. The Bertz CT molecular complexity index is 1310. The molecule has 0 saturated heterocycles. The fraction of sp³-hybridized carbons (Fsp3) is 0. The standard InChI is InChI=1S/C22H13Cl2N3O3/c23-15-6-8-19(24)18(12-15)22-26-20-13-16(7-9-21(20)30-22)25-10-2-4-14-3-1-5-17(11-14)27(28)29/h1-13H/b4-2+,25-10?. The Morgan fingerprint density at radius 1 is 1.07 bits per heavy atom. The van der Waals surface area contributed by atoms with E-state index in [9.17, 15) is 10.1 Å². The van der Waals surface area contributed by atoms with Gasteiger partial charge in [-0.3, -0.25) is 15.1 Å². The Morgan fingerprint density at radius 2 is 1.93 bits per heavy atom. The minimum Gasteiger partial charge on any atom is -0.436 e. The third-order valence-corrected chi connectivity index (χ3v) is 4.77. The van der Waals surface area contributed by atoms with Crippen molar-refractivity contribution in [3.05, 3.63) is 92.5 Å². The molecule has 0 saturated carbocycles. The Hall–Kier alpha value is -3.48. The van der Waals surface area contributed by atoms with Gasteiger partial charge in [-0.1, -0.05) is 41.4 Å². The second kappa shape index (κ2) is 8.49. The molecule has 1 aromatic heterocycles. The van der Waals surface area contributed by atoms with Gasteiger partial charge in [0.1, 0.15) is 5.52 Å². The van der Waals surface area contributed by atoms with Crippen molar-refractivity contribution in [1.82, 2.24) is 4.98 Å². The number of nitro benzene ring substituents is 1. The molecular formula is C22H13Cl2N3O3. The van der Waals surface area contributed by atoms with Crippen molar-refractivity contribution >= 4 is 58.0 Å². The van der Waals surface area contributed by atoms with Gasteiger partial charge in [0.2, 0.25) is 5.89 Å². The van der Waals surface area contributed by atoms with Crippen molar-refractivity contribution in [2.75, 3.05) is 0 Å². The summed E-state index contributed by atoms with van der Waals surface area (Å²) in [6, 6.07) is 16.8. The molecule has 148 valence electrons. The average Bonchev–Trinajstić information content (AvgIpc) is 3.16. The fourth-order valence-corrected chi connectivity index (χ4v) is 3.17. The van der Waals surface area contributed by atoms with Crippen molar-refractivity contribution in [2.45, 2.75) is 0 Å². The first kappa shape index (κ1) is 19.8. The SMILES string of the molecule is O=[N+]([O-])c1cccc(/C=C/C=Nc2ccc3oc(-c4cc(Cl)ccc4Cl)nc3c2)c1. The number of hydrogen-bond acceptors (Lipinski definition) is 5. The summed E-state index contributed by atoms with van der Waals surface area (Å²) >= 11 is 12.3. The molecule has 3 aromatic carbocycles. The molecular weight excluding hydrogens is 425 g/mol. The zero-order chi connectivity index (χ0) is 21.1. The second-order valence-corrected chi connectivity index (χ2v) is 7.13. The summed E-state index contributed by atoms with van der Waals surface area (Å²) in [5.41, 5.74) is 3.30. The Labute approximate surface area is 181 Å². The number of fused-ring (bicyclic) bond motifs is 1. The topological polar surface area (TPSA) is 81.5 Å². The lowest BCUT2D eigenvalue weighted by molar-refractivity contribution is -0.384. The third-order valence-electron chi connectivity index (χ3n) is 4.21. The smallest absolute Gasteiger partial charge is 0.270 e. The van der Waals surface area contributed by atoms with Crippen molar-refractivity contribution in [1.29, 1.82) is 0 Å². The number of aliphatic imine (C=N–C) groups is 1. The summed E-state index contributed by atoms with van der Waals surface area (Å²) in [6.07, 6.45) is 5.06. The highest BCUT2D eigenvalue weighted by molar-refractivity contribution is 6.35. The van der Waals surface area contributed by atoms with Crippen molar-refractivity contribution in [3.8, 4) is 11.5 Å². The fourth-order valence-electron chi connectivity index (χ4n) is 2.80. The molecule has 0 aliphatic rings. The first-order chi connectivity index (χ1) is 14.5. The minimum atomic E-state index is -0.427. The van der Waals surface area contributed by atoms with Gasteiger partial charge in [0.15, 0.2) is 5.58 Å². The van der Waals surface area contributed by atoms with E-state index < -0.39 is 4.92 Å². The lowest BCUT2D eigenvalue weighted by Crippen LogP contribution is -1.87. The lowest BCUT2D eigenvalue weighted by Gasteiger charge is -1.99. The van der Waals surface area contributed by atoms with Crippen LogP contribution >= 0.6 is 23.2 Å². The number of benzene rings is 3. The van der Waals surface area contributed by atoms with E-state index in [4.69, 9.17) is 27.6 Å². The number of hydrogen-bond donors (Lipinski definition) is 0. The summed E-state index contributed by atoms with van der Waals surface area (Å²) in [6.45, 7) is 0. The van der Waals surface area contributed by atoms with Gasteiger partial charge in [-0.15, -0.1) is 0 Å². The maximum atomic E-state index is 10.8. The van der Waals surface area contributed by atoms with E-state index in [2.05, 4.69) is 9.98 Å². The highest BCUT2D eigenvalue weighted by Crippen LogP contribution is 2.33. The van der Waals surface area contributed by atoms with Crippen LogP contribution in [-0.2, 0) is 0 Å². The second-order valence-electron chi connectivity index (χ2n) is 6.28. The minimum absolute atomic E-state index is 0.0428. The highest BCUT2D eigenvalue weighted by atomic mass is 35.5. The molecule has 0 fully saturated rings. The first-order valence-corrected chi connectivity index (χ1v) is 9.56. The van der Waals surface area contributed by atoms with Crippen LogP contribution in [0.25, 0.3) is 28.6 Å². The third kappa shape index (κ3) is 4.40. The van der Waals surface area contributed by atoms with E-state index in [1.54, 1.807) is 66.9 Å². The Balaban J connectivity index is 1.54. The molecule has 0 radical (unpaired) electrons. The normalized spacial score (nSPS) is 11.7. The average molecular weight is 438 g/mol. The van der Waals surface area contributed by atoms with Gasteiger partial charge in [-0.05, 0) is 48.0 Å². The molecule has 0 aliphatic heterocycles. The van der Waals surface area contributed by atoms with Crippen molar-refractivity contribution < 1.29 is 9.34 Å². The molecule has 0 bridgehead atoms. The van der Waals surface area contributed by atoms with Crippen LogP contribution in [0.1, 0.15) is 5.56 Å². The predicted molar refractivity (Wildman–Crippen MR) is 120 cm³/mol. The van der Waals surface area contributed by atoms with Gasteiger partial charge in [0, 0.05) is 23.4 Å². The number of nitrogens with zero attached hydrogens (tertiary/aromatic N) is 3. The van der Waals surface area contributed by atoms with Crippen LogP contribution in [0.5, 0.6) is 0 Å². The molecule has 1 heterocycles. The first-order valence-electron chi connectivity index (χ1n) is 8.81. The number of rotatable bonds is 5. The maximum absolute atomic E-state index is 10.8. The number of oxazole rings is 1. The molecule has 30 heavy (non-hydrogen) atoms. The summed E-state index contributed by atoms with van der Waals surface area (Å²) in [4.78, 5) is 19.3. The van der Waals surface area contributed by atoms with Crippen LogP contribution in [0.3, 0.4) is 0 Å². The van der Waals surface area contributed by atoms with Crippen LogP contribution in [0.2, 0.25) is 10.0 Å². The molecule has 0 spiro atoms. The largest absolute Gasteiger partial charge is 0.436 e. The summed E-state index contributed by atoms with van der Waals surface area (Å²) in [5.74, 6) is 0.379. The van der Waals surface area contributed by atoms with Gasteiger partial charge in [0.25, 0.3) is 5.69 Å². The number of halogens is 2. The molecule has 0 atom stereocenters. The van der Waals surface area contributed by atoms with Crippen LogP contribution in [0.4, 0.5) is 11.4 Å². The number of nitro groups is 1. The van der Waals surface area contributed by atoms with Gasteiger partial charge in [-0.25, -0.2) is 4.98 Å². The predicted octanol–water partition coefficient (Wildman–Crippen LogP) is 7.13. The van der Waals surface area contributed by atoms with Gasteiger partial charge >= 0.3 is 0 Å². The number of allylic oxidation sites excluding steroid dienone is 1. The summed E-state index contributed by atoms with van der Waals surface area (Å²) in [7, 11) is 0. The van der Waals surface area contributed by atoms with Crippen molar-refractivity contribution in [2.24, 2.45) is 4.99 Å². The van der Waals surface area contributed by atoms with Crippen LogP contribution in [0.15, 0.2) is 76.1 Å². The molecule has 0 N–H and O–H groups in total. The van der Waals surface area contributed by atoms with E-state index in [0.717, 1.165) is 0 Å². The molecule has 0 amide bonds. The van der Waals surface area contributed by atoms with E-state index in [-0.39, 0.29) is 5.69 Å². The van der Waals surface area contributed by atoms with E-state index in [1.807, 2.05) is 0 Å². The molecule has 4 rings (SSSR count). The Kier molecular flexibility index (Phi) is 5.61. The number of non-ortho nitro benzene ring substituents is 1. The quantitative estimate of drug-likeness (QED) is 0.189. The maximum Gasteiger partial charge on any atom is 0.270 e. The van der Waals surface area contributed by atoms with Crippen LogP contribution < -0.4 is 0 Å².